The van der Waals surface area contributed by atoms with Gasteiger partial charge in [-0.3, -0.25) is 0 Å². The number of hydrogen-bond acceptors (Lipinski definition) is 1. The molecule has 0 heterocycles. The van der Waals surface area contributed by atoms with Crippen LogP contribution in [-0.4, -0.2) is 6.04 Å². The van der Waals surface area contributed by atoms with Gasteiger partial charge in [-0.1, -0.05) is 71.9 Å². The van der Waals surface area contributed by atoms with Gasteiger partial charge in [0.05, 0.1) is 0 Å². The number of nitrogens with one attached hydrogen (secondary N) is 1. The molecule has 0 amide bonds. The summed E-state index contributed by atoms with van der Waals surface area (Å²) in [6.45, 7) is 14.9. The minimum absolute atomic E-state index is 0.294. The largest absolute Gasteiger partial charge is 0.309 e. The Morgan fingerprint density at radius 2 is 1.50 bits per heavy atom. The summed E-state index contributed by atoms with van der Waals surface area (Å²) in [4.78, 5) is 0. The molecule has 0 fully saturated rings. The predicted octanol–water partition coefficient (Wildman–Crippen LogP) is 4.63. The first-order chi connectivity index (χ1) is 8.18. The van der Waals surface area contributed by atoms with Crippen molar-refractivity contribution in [2.75, 3.05) is 0 Å². The molecule has 1 atom stereocenters. The van der Waals surface area contributed by atoms with Crippen molar-refractivity contribution in [3.8, 4) is 0 Å². The molecule has 1 aromatic rings. The van der Waals surface area contributed by atoms with Crippen LogP contribution in [0, 0.1) is 10.8 Å². The highest BCUT2D eigenvalue weighted by Gasteiger charge is 2.28. The summed E-state index contributed by atoms with van der Waals surface area (Å²) in [6, 6.07) is 11.2. The van der Waals surface area contributed by atoms with Crippen molar-refractivity contribution < 1.29 is 0 Å². The predicted molar refractivity (Wildman–Crippen MR) is 80.6 cm³/mol. The highest BCUT2D eigenvalue weighted by atomic mass is 14.9. The summed E-state index contributed by atoms with van der Waals surface area (Å²) in [7, 11) is 0. The fraction of sp³-hybridized carbons (Fsp3) is 0.647. The van der Waals surface area contributed by atoms with Gasteiger partial charge in [-0.15, -0.1) is 0 Å². The van der Waals surface area contributed by atoms with Gasteiger partial charge in [0.25, 0.3) is 0 Å². The summed E-state index contributed by atoms with van der Waals surface area (Å²) in [6.07, 6.45) is 1.20. The van der Waals surface area contributed by atoms with E-state index in [4.69, 9.17) is 0 Å². The van der Waals surface area contributed by atoms with E-state index in [1.807, 2.05) is 0 Å². The Labute approximate surface area is 113 Å². The molecule has 0 bridgehead atoms. The molecule has 0 radical (unpaired) electrons. The van der Waals surface area contributed by atoms with Crippen molar-refractivity contribution in [2.24, 2.45) is 10.8 Å². The van der Waals surface area contributed by atoms with Gasteiger partial charge in [0, 0.05) is 12.6 Å². The summed E-state index contributed by atoms with van der Waals surface area (Å²) in [5.74, 6) is 0. The minimum atomic E-state index is 0.294. The van der Waals surface area contributed by atoms with Gasteiger partial charge < -0.3 is 5.32 Å². The summed E-state index contributed by atoms with van der Waals surface area (Å²) < 4.78 is 0. The molecule has 1 heteroatoms. The summed E-state index contributed by atoms with van der Waals surface area (Å²) >= 11 is 0. The Balaban J connectivity index is 2.63. The van der Waals surface area contributed by atoms with Crippen LogP contribution in [0.15, 0.2) is 30.3 Å². The molecule has 102 valence electrons. The van der Waals surface area contributed by atoms with E-state index in [0.717, 1.165) is 6.54 Å². The van der Waals surface area contributed by atoms with Crippen molar-refractivity contribution in [3.05, 3.63) is 35.9 Å². The number of rotatable bonds is 4. The van der Waals surface area contributed by atoms with Crippen LogP contribution in [0.1, 0.15) is 53.5 Å². The van der Waals surface area contributed by atoms with Crippen LogP contribution in [0.4, 0.5) is 0 Å². The monoisotopic (exact) mass is 247 g/mol. The molecule has 0 aliphatic rings. The first-order valence-electron chi connectivity index (χ1n) is 6.96. The molecule has 18 heavy (non-hydrogen) atoms. The fourth-order valence-corrected chi connectivity index (χ4v) is 2.13. The Morgan fingerprint density at radius 1 is 0.944 bits per heavy atom. The van der Waals surface area contributed by atoms with Gasteiger partial charge in [-0.2, -0.15) is 0 Å². The molecular weight excluding hydrogens is 218 g/mol. The molecule has 1 rings (SSSR count). The zero-order chi connectivity index (χ0) is 13.8. The first kappa shape index (κ1) is 15.2. The highest BCUT2D eigenvalue weighted by Crippen LogP contribution is 2.30. The molecule has 0 saturated heterocycles. The van der Waals surface area contributed by atoms with Crippen LogP contribution in [0.25, 0.3) is 0 Å². The molecule has 1 unspecified atom stereocenters. The Morgan fingerprint density at radius 3 is 1.94 bits per heavy atom. The standard InChI is InChI=1S/C17H29N/c1-16(2,3)12-15(17(4,5)6)18-13-14-10-8-7-9-11-14/h7-11,15,18H,12-13H2,1-6H3. The average Bonchev–Trinajstić information content (AvgIpc) is 2.22. The third kappa shape index (κ3) is 5.68. The van der Waals surface area contributed by atoms with Crippen molar-refractivity contribution in [2.45, 2.75) is 60.5 Å². The number of hydrogen-bond donors (Lipinski definition) is 1. The Bertz CT molecular complexity index is 340. The van der Waals surface area contributed by atoms with E-state index in [0.29, 0.717) is 16.9 Å². The normalized spacial score (nSPS) is 14.6. The van der Waals surface area contributed by atoms with Crippen LogP contribution in [0.2, 0.25) is 0 Å². The molecule has 1 nitrogen and oxygen atoms in total. The summed E-state index contributed by atoms with van der Waals surface area (Å²) in [5, 5.41) is 3.73. The van der Waals surface area contributed by atoms with Gasteiger partial charge in [-0.05, 0) is 22.8 Å². The SMILES string of the molecule is CC(C)(C)CC(NCc1ccccc1)C(C)(C)C. The summed E-state index contributed by atoms with van der Waals surface area (Å²) in [5.41, 5.74) is 2.02. The van der Waals surface area contributed by atoms with Gasteiger partial charge in [0.2, 0.25) is 0 Å². The van der Waals surface area contributed by atoms with E-state index in [1.54, 1.807) is 0 Å². The van der Waals surface area contributed by atoms with Crippen LogP contribution in [0.5, 0.6) is 0 Å². The molecule has 0 aromatic heterocycles. The van der Waals surface area contributed by atoms with Crippen molar-refractivity contribution in [1.29, 1.82) is 0 Å². The second-order valence-corrected chi connectivity index (χ2v) is 7.55. The molecule has 0 aliphatic carbocycles. The third-order valence-corrected chi connectivity index (χ3v) is 3.26. The topological polar surface area (TPSA) is 12.0 Å². The van der Waals surface area contributed by atoms with E-state index in [9.17, 15) is 0 Å². The van der Waals surface area contributed by atoms with Gasteiger partial charge in [0.15, 0.2) is 0 Å². The lowest BCUT2D eigenvalue weighted by Gasteiger charge is -2.36. The maximum Gasteiger partial charge on any atom is 0.0208 e. The van der Waals surface area contributed by atoms with Gasteiger partial charge >= 0.3 is 0 Å². The van der Waals surface area contributed by atoms with Gasteiger partial charge in [-0.25, -0.2) is 0 Å². The van der Waals surface area contributed by atoms with Crippen LogP contribution >= 0.6 is 0 Å². The minimum Gasteiger partial charge on any atom is -0.309 e. The average molecular weight is 247 g/mol. The second kappa shape index (κ2) is 5.88. The lowest BCUT2D eigenvalue weighted by atomic mass is 9.77. The smallest absolute Gasteiger partial charge is 0.0208 e. The highest BCUT2D eigenvalue weighted by molar-refractivity contribution is 5.14. The van der Waals surface area contributed by atoms with Crippen molar-refractivity contribution in [3.63, 3.8) is 0 Å². The molecule has 0 spiro atoms. The Hall–Kier alpha value is -0.820. The maximum atomic E-state index is 3.73. The lowest BCUT2D eigenvalue weighted by Crippen LogP contribution is -2.42. The van der Waals surface area contributed by atoms with E-state index >= 15 is 0 Å². The third-order valence-electron chi connectivity index (χ3n) is 3.26. The number of benzene rings is 1. The first-order valence-corrected chi connectivity index (χ1v) is 6.96. The molecule has 1 aromatic carbocycles. The van der Waals surface area contributed by atoms with Gasteiger partial charge in [0.1, 0.15) is 0 Å². The zero-order valence-electron chi connectivity index (χ0n) is 12.9. The Kier molecular flexibility index (Phi) is 4.98. The molecular formula is C17H29N. The van der Waals surface area contributed by atoms with Crippen LogP contribution < -0.4 is 5.32 Å². The van der Waals surface area contributed by atoms with E-state index in [2.05, 4.69) is 77.2 Å². The fourth-order valence-electron chi connectivity index (χ4n) is 2.13. The molecule has 0 aliphatic heterocycles. The van der Waals surface area contributed by atoms with E-state index in [-0.39, 0.29) is 0 Å². The van der Waals surface area contributed by atoms with E-state index < -0.39 is 0 Å². The van der Waals surface area contributed by atoms with Crippen molar-refractivity contribution in [1.82, 2.24) is 5.32 Å². The van der Waals surface area contributed by atoms with E-state index in [1.165, 1.54) is 12.0 Å². The second-order valence-electron chi connectivity index (χ2n) is 7.55. The zero-order valence-corrected chi connectivity index (χ0v) is 12.9. The van der Waals surface area contributed by atoms with Crippen LogP contribution in [0.3, 0.4) is 0 Å². The maximum absolute atomic E-state index is 3.73. The van der Waals surface area contributed by atoms with Crippen LogP contribution in [-0.2, 0) is 6.54 Å². The van der Waals surface area contributed by atoms with Crippen molar-refractivity contribution >= 4 is 0 Å². The quantitative estimate of drug-likeness (QED) is 0.818. The molecule has 1 N–H and O–H groups in total. The lowest BCUT2D eigenvalue weighted by molar-refractivity contribution is 0.193. The molecule has 0 saturated carbocycles.